The Bertz CT molecular complexity index is 52.9. The van der Waals surface area contributed by atoms with Gasteiger partial charge in [0, 0.05) is 6.61 Å². The number of rotatable bonds is 5. The maximum atomic E-state index is 8.73. The van der Waals surface area contributed by atoms with Gasteiger partial charge in [0.25, 0.3) is 0 Å². The van der Waals surface area contributed by atoms with Gasteiger partial charge in [0.05, 0.1) is 12.7 Å². The van der Waals surface area contributed by atoms with Crippen molar-refractivity contribution in [3.8, 4) is 0 Å². The van der Waals surface area contributed by atoms with Gasteiger partial charge in [0.2, 0.25) is 0 Å². The summed E-state index contributed by atoms with van der Waals surface area (Å²) in [5.41, 5.74) is 0. The predicted octanol–water partition coefficient (Wildman–Crippen LogP) is 1.18. The third-order valence-corrected chi connectivity index (χ3v) is 1.00. The molecule has 0 aliphatic carbocycles. The quantitative estimate of drug-likeness (QED) is 0.569. The number of aliphatic hydroxyl groups is 1. The van der Waals surface area contributed by atoms with Crippen LogP contribution in [-0.4, -0.2) is 24.4 Å². The second kappa shape index (κ2) is 6.05. The summed E-state index contributed by atoms with van der Waals surface area (Å²) in [6, 6.07) is 0. The molecular weight excluding hydrogens is 116 g/mol. The van der Waals surface area contributed by atoms with Gasteiger partial charge in [-0.05, 0) is 13.3 Å². The van der Waals surface area contributed by atoms with Crippen LogP contribution in [0.4, 0.5) is 0 Å². The van der Waals surface area contributed by atoms with E-state index in [1.54, 1.807) is 6.92 Å². The molecule has 0 aromatic heterocycles. The lowest BCUT2D eigenvalue weighted by Crippen LogP contribution is -2.10. The normalized spacial score (nSPS) is 13.7. The fraction of sp³-hybridized carbons (Fsp3) is 1.00. The van der Waals surface area contributed by atoms with Crippen LogP contribution in [0.25, 0.3) is 0 Å². The zero-order valence-corrected chi connectivity index (χ0v) is 6.26. The van der Waals surface area contributed by atoms with E-state index in [2.05, 4.69) is 6.92 Å². The number of unbranched alkanes of at least 4 members (excludes halogenated alkanes) is 1. The molecule has 0 bridgehead atoms. The van der Waals surface area contributed by atoms with Crippen LogP contribution in [0.3, 0.4) is 0 Å². The Hall–Kier alpha value is -0.0800. The number of ether oxygens (including phenoxy) is 1. The maximum absolute atomic E-state index is 8.73. The lowest BCUT2D eigenvalue weighted by atomic mass is 10.4. The van der Waals surface area contributed by atoms with E-state index in [-0.39, 0.29) is 6.10 Å². The molecule has 0 saturated heterocycles. The van der Waals surface area contributed by atoms with Crippen LogP contribution in [-0.2, 0) is 4.74 Å². The molecule has 0 fully saturated rings. The lowest BCUT2D eigenvalue weighted by molar-refractivity contribution is 0.0450. The molecule has 56 valence electrons. The molecule has 2 nitrogen and oxygen atoms in total. The predicted molar refractivity (Wildman–Crippen MR) is 37.4 cm³/mol. The Balaban J connectivity index is 2.75. The summed E-state index contributed by atoms with van der Waals surface area (Å²) >= 11 is 0. The third-order valence-electron chi connectivity index (χ3n) is 1.00. The van der Waals surface area contributed by atoms with Crippen LogP contribution in [0.1, 0.15) is 26.7 Å². The van der Waals surface area contributed by atoms with Crippen LogP contribution in [0.5, 0.6) is 0 Å². The van der Waals surface area contributed by atoms with Crippen molar-refractivity contribution in [3.05, 3.63) is 0 Å². The van der Waals surface area contributed by atoms with Crippen molar-refractivity contribution < 1.29 is 9.84 Å². The minimum atomic E-state index is -0.318. The van der Waals surface area contributed by atoms with Gasteiger partial charge in [-0.25, -0.2) is 0 Å². The molecule has 0 unspecified atom stereocenters. The highest BCUT2D eigenvalue weighted by Gasteiger charge is 1.92. The van der Waals surface area contributed by atoms with Crippen LogP contribution in [0.2, 0.25) is 0 Å². The van der Waals surface area contributed by atoms with Crippen molar-refractivity contribution in [3.63, 3.8) is 0 Å². The third kappa shape index (κ3) is 7.92. The first-order valence-corrected chi connectivity index (χ1v) is 3.53. The molecule has 0 heterocycles. The Morgan fingerprint density at radius 2 is 2.22 bits per heavy atom. The SMILES string of the molecule is CCCCOC[C@H](C)O. The summed E-state index contributed by atoms with van der Waals surface area (Å²) < 4.78 is 5.09. The highest BCUT2D eigenvalue weighted by Crippen LogP contribution is 1.89. The van der Waals surface area contributed by atoms with E-state index in [0.717, 1.165) is 19.4 Å². The average molecular weight is 132 g/mol. The van der Waals surface area contributed by atoms with Gasteiger partial charge in [-0.1, -0.05) is 13.3 Å². The zero-order valence-electron chi connectivity index (χ0n) is 6.26. The molecule has 0 radical (unpaired) electrons. The van der Waals surface area contributed by atoms with Crippen LogP contribution in [0, 0.1) is 0 Å². The van der Waals surface area contributed by atoms with Crippen molar-refractivity contribution in [1.29, 1.82) is 0 Å². The van der Waals surface area contributed by atoms with Crippen molar-refractivity contribution in [2.75, 3.05) is 13.2 Å². The van der Waals surface area contributed by atoms with Gasteiger partial charge in [0.1, 0.15) is 0 Å². The molecule has 0 aromatic carbocycles. The van der Waals surface area contributed by atoms with Crippen molar-refractivity contribution in [2.24, 2.45) is 0 Å². The van der Waals surface area contributed by atoms with Gasteiger partial charge in [-0.3, -0.25) is 0 Å². The fourth-order valence-corrected chi connectivity index (χ4v) is 0.500. The van der Waals surface area contributed by atoms with E-state index in [1.165, 1.54) is 0 Å². The van der Waals surface area contributed by atoms with Gasteiger partial charge in [0.15, 0.2) is 0 Å². The minimum Gasteiger partial charge on any atom is -0.391 e. The molecule has 0 rings (SSSR count). The average Bonchev–Trinajstić information content (AvgIpc) is 1.80. The first-order chi connectivity index (χ1) is 4.27. The van der Waals surface area contributed by atoms with Gasteiger partial charge in [-0.15, -0.1) is 0 Å². The summed E-state index contributed by atoms with van der Waals surface area (Å²) in [6.45, 7) is 5.10. The molecule has 0 amide bonds. The van der Waals surface area contributed by atoms with E-state index >= 15 is 0 Å². The molecule has 0 aromatic rings. The Kier molecular flexibility index (Phi) is 5.99. The monoisotopic (exact) mass is 132 g/mol. The van der Waals surface area contributed by atoms with Gasteiger partial charge >= 0.3 is 0 Å². The van der Waals surface area contributed by atoms with Crippen LogP contribution >= 0.6 is 0 Å². The highest BCUT2D eigenvalue weighted by molar-refractivity contribution is 4.40. The fourth-order valence-electron chi connectivity index (χ4n) is 0.500. The Morgan fingerprint density at radius 3 is 2.67 bits per heavy atom. The number of aliphatic hydroxyl groups excluding tert-OH is 1. The first-order valence-electron chi connectivity index (χ1n) is 3.53. The lowest BCUT2D eigenvalue weighted by Gasteiger charge is -2.03. The van der Waals surface area contributed by atoms with E-state index < -0.39 is 0 Å². The molecule has 0 aliphatic heterocycles. The maximum Gasteiger partial charge on any atom is 0.0745 e. The standard InChI is InChI=1S/C7H16O2/c1-3-4-5-9-6-7(2)8/h7-8H,3-6H2,1-2H3/t7-/m0/s1. The summed E-state index contributed by atoms with van der Waals surface area (Å²) in [5.74, 6) is 0. The van der Waals surface area contributed by atoms with Crippen LogP contribution in [0.15, 0.2) is 0 Å². The summed E-state index contributed by atoms with van der Waals surface area (Å²) in [5, 5.41) is 8.73. The molecule has 0 spiro atoms. The topological polar surface area (TPSA) is 29.5 Å². The highest BCUT2D eigenvalue weighted by atomic mass is 16.5. The van der Waals surface area contributed by atoms with E-state index in [1.807, 2.05) is 0 Å². The first kappa shape index (κ1) is 8.92. The van der Waals surface area contributed by atoms with Crippen molar-refractivity contribution >= 4 is 0 Å². The van der Waals surface area contributed by atoms with E-state index in [0.29, 0.717) is 6.61 Å². The molecule has 1 atom stereocenters. The van der Waals surface area contributed by atoms with E-state index in [9.17, 15) is 0 Å². The number of hydrogen-bond acceptors (Lipinski definition) is 2. The molecule has 2 heteroatoms. The van der Waals surface area contributed by atoms with Crippen LogP contribution < -0.4 is 0 Å². The van der Waals surface area contributed by atoms with E-state index in [4.69, 9.17) is 9.84 Å². The largest absolute Gasteiger partial charge is 0.391 e. The van der Waals surface area contributed by atoms with Gasteiger partial charge < -0.3 is 9.84 Å². The summed E-state index contributed by atoms with van der Waals surface area (Å²) in [6.07, 6.45) is 1.92. The smallest absolute Gasteiger partial charge is 0.0745 e. The molecule has 1 N–H and O–H groups in total. The summed E-state index contributed by atoms with van der Waals surface area (Å²) in [4.78, 5) is 0. The number of hydrogen-bond donors (Lipinski definition) is 1. The molecule has 0 aliphatic rings. The molecule has 9 heavy (non-hydrogen) atoms. The second-order valence-electron chi connectivity index (χ2n) is 2.28. The zero-order chi connectivity index (χ0) is 7.11. The Morgan fingerprint density at radius 1 is 1.56 bits per heavy atom. The second-order valence-corrected chi connectivity index (χ2v) is 2.28. The van der Waals surface area contributed by atoms with Crippen molar-refractivity contribution in [2.45, 2.75) is 32.8 Å². The molecular formula is C7H16O2. The minimum absolute atomic E-state index is 0.318. The van der Waals surface area contributed by atoms with Gasteiger partial charge in [-0.2, -0.15) is 0 Å². The Labute approximate surface area is 56.8 Å². The van der Waals surface area contributed by atoms with Crippen molar-refractivity contribution in [1.82, 2.24) is 0 Å². The summed E-state index contributed by atoms with van der Waals surface area (Å²) in [7, 11) is 0. The molecule has 0 saturated carbocycles.